The summed E-state index contributed by atoms with van der Waals surface area (Å²) in [5.41, 5.74) is 1.54. The molecule has 0 spiro atoms. The standard InChI is InChI=1S/C18H19N3O3/c1-4-5-17(24-3)18(19-2)16(23)9-8-15(22)12-6-7-14-13(10-12)11-20-21-14/h4-7,10-11H,2,8-9H2,1,3H3,(H,20,21)/b5-4-,18-17+. The number of hydrogen-bond acceptors (Lipinski definition) is 5. The molecule has 24 heavy (non-hydrogen) atoms. The van der Waals surface area contributed by atoms with Crippen LogP contribution in [0.5, 0.6) is 0 Å². The summed E-state index contributed by atoms with van der Waals surface area (Å²) in [6.07, 6.45) is 5.16. The van der Waals surface area contributed by atoms with Gasteiger partial charge in [-0.05, 0) is 37.9 Å². The van der Waals surface area contributed by atoms with Crippen LogP contribution in [0.3, 0.4) is 0 Å². The minimum absolute atomic E-state index is 0.0427. The van der Waals surface area contributed by atoms with E-state index in [0.717, 1.165) is 10.9 Å². The molecule has 0 fully saturated rings. The maximum absolute atomic E-state index is 12.3. The third kappa shape index (κ3) is 3.84. The Kier molecular flexibility index (Phi) is 5.78. The number of ether oxygens (including phenoxy) is 1. The van der Waals surface area contributed by atoms with Crippen molar-refractivity contribution in [2.24, 2.45) is 4.99 Å². The van der Waals surface area contributed by atoms with Crippen molar-refractivity contribution in [1.29, 1.82) is 0 Å². The number of rotatable bonds is 8. The van der Waals surface area contributed by atoms with E-state index in [0.29, 0.717) is 11.3 Å². The summed E-state index contributed by atoms with van der Waals surface area (Å²) in [5, 5.41) is 7.61. The Morgan fingerprint density at radius 1 is 1.38 bits per heavy atom. The highest BCUT2D eigenvalue weighted by Gasteiger charge is 2.16. The smallest absolute Gasteiger partial charge is 0.185 e. The molecule has 0 atom stereocenters. The van der Waals surface area contributed by atoms with E-state index in [1.807, 2.05) is 0 Å². The van der Waals surface area contributed by atoms with Crippen LogP contribution in [0.4, 0.5) is 0 Å². The Labute approximate surface area is 139 Å². The van der Waals surface area contributed by atoms with Crippen molar-refractivity contribution in [3.63, 3.8) is 0 Å². The number of aromatic amines is 1. The van der Waals surface area contributed by atoms with Gasteiger partial charge in [-0.3, -0.25) is 19.7 Å². The number of aromatic nitrogens is 2. The highest BCUT2D eigenvalue weighted by molar-refractivity contribution is 6.03. The predicted octanol–water partition coefficient (Wildman–Crippen LogP) is 3.23. The number of methoxy groups -OCH3 is 1. The van der Waals surface area contributed by atoms with Crippen molar-refractivity contribution in [2.45, 2.75) is 19.8 Å². The van der Waals surface area contributed by atoms with Crippen molar-refractivity contribution >= 4 is 29.2 Å². The maximum Gasteiger partial charge on any atom is 0.185 e. The van der Waals surface area contributed by atoms with E-state index in [-0.39, 0.29) is 30.1 Å². The number of carbonyl (C=O) groups is 2. The molecule has 1 heterocycles. The molecule has 0 saturated heterocycles. The van der Waals surface area contributed by atoms with Crippen molar-refractivity contribution in [2.75, 3.05) is 7.11 Å². The number of nitrogens with zero attached hydrogens (tertiary/aromatic N) is 2. The summed E-state index contributed by atoms with van der Waals surface area (Å²) in [6.45, 7) is 5.21. The van der Waals surface area contributed by atoms with E-state index < -0.39 is 0 Å². The molecule has 0 aliphatic carbocycles. The number of nitrogens with one attached hydrogen (secondary N) is 1. The van der Waals surface area contributed by atoms with Crippen LogP contribution in [0.15, 0.2) is 53.0 Å². The molecule has 0 aliphatic heterocycles. The van der Waals surface area contributed by atoms with E-state index >= 15 is 0 Å². The molecule has 1 aromatic heterocycles. The van der Waals surface area contributed by atoms with Gasteiger partial charge in [0, 0.05) is 23.8 Å². The lowest BCUT2D eigenvalue weighted by Crippen LogP contribution is -2.08. The van der Waals surface area contributed by atoms with Gasteiger partial charge in [0.1, 0.15) is 11.5 Å². The van der Waals surface area contributed by atoms with Gasteiger partial charge in [-0.2, -0.15) is 5.10 Å². The number of carbonyl (C=O) groups excluding carboxylic acids is 2. The van der Waals surface area contributed by atoms with Crippen LogP contribution in [0.2, 0.25) is 0 Å². The predicted molar refractivity (Wildman–Crippen MR) is 93.1 cm³/mol. The van der Waals surface area contributed by atoms with Gasteiger partial charge in [0.15, 0.2) is 11.6 Å². The van der Waals surface area contributed by atoms with Crippen LogP contribution in [0, 0.1) is 0 Å². The van der Waals surface area contributed by atoms with Gasteiger partial charge in [0.25, 0.3) is 0 Å². The molecule has 6 nitrogen and oxygen atoms in total. The first-order valence-electron chi connectivity index (χ1n) is 7.48. The Morgan fingerprint density at radius 2 is 2.17 bits per heavy atom. The molecule has 124 valence electrons. The first-order valence-corrected chi connectivity index (χ1v) is 7.48. The number of H-pyrrole nitrogens is 1. The lowest BCUT2D eigenvalue weighted by Gasteiger charge is -2.06. The maximum atomic E-state index is 12.3. The fraction of sp³-hybridized carbons (Fsp3) is 0.222. The van der Waals surface area contributed by atoms with Crippen molar-refractivity contribution in [3.8, 4) is 0 Å². The number of ketones is 2. The lowest BCUT2D eigenvalue weighted by molar-refractivity contribution is -0.115. The fourth-order valence-electron chi connectivity index (χ4n) is 2.30. The quantitative estimate of drug-likeness (QED) is 0.265. The van der Waals surface area contributed by atoms with Gasteiger partial charge in [0.05, 0.1) is 18.8 Å². The van der Waals surface area contributed by atoms with Gasteiger partial charge >= 0.3 is 0 Å². The van der Waals surface area contributed by atoms with Gasteiger partial charge < -0.3 is 4.74 Å². The molecule has 0 aliphatic rings. The summed E-state index contributed by atoms with van der Waals surface area (Å²) in [4.78, 5) is 28.3. The minimum Gasteiger partial charge on any atom is -0.494 e. The number of fused-ring (bicyclic) bond motifs is 1. The monoisotopic (exact) mass is 325 g/mol. The largest absolute Gasteiger partial charge is 0.494 e. The molecular formula is C18H19N3O3. The van der Waals surface area contributed by atoms with Crippen LogP contribution in [0.25, 0.3) is 10.9 Å². The third-order valence-corrected chi connectivity index (χ3v) is 3.53. The molecule has 2 aromatic rings. The lowest BCUT2D eigenvalue weighted by atomic mass is 10.0. The molecule has 1 aromatic carbocycles. The average molecular weight is 325 g/mol. The number of benzene rings is 1. The normalized spacial score (nSPS) is 12.2. The van der Waals surface area contributed by atoms with Gasteiger partial charge in [0.2, 0.25) is 0 Å². The SMILES string of the molecule is C=N/C(C(=O)CCC(=O)c1ccc2[nH]ncc2c1)=C(\C=C/C)OC. The van der Waals surface area contributed by atoms with E-state index in [4.69, 9.17) is 4.74 Å². The number of aliphatic imine (C=N–C) groups is 1. The van der Waals surface area contributed by atoms with Crippen LogP contribution >= 0.6 is 0 Å². The Hall–Kier alpha value is -3.02. The van der Waals surface area contributed by atoms with Crippen LogP contribution in [-0.2, 0) is 9.53 Å². The summed E-state index contributed by atoms with van der Waals surface area (Å²) in [5.74, 6) is -0.0534. The molecule has 0 radical (unpaired) electrons. The molecule has 6 heteroatoms. The van der Waals surface area contributed by atoms with Crippen LogP contribution < -0.4 is 0 Å². The molecule has 2 rings (SSSR count). The summed E-state index contributed by atoms with van der Waals surface area (Å²) in [7, 11) is 1.46. The molecule has 0 amide bonds. The van der Waals surface area contributed by atoms with Gasteiger partial charge in [-0.25, -0.2) is 0 Å². The molecule has 0 unspecified atom stereocenters. The highest BCUT2D eigenvalue weighted by atomic mass is 16.5. The molecular weight excluding hydrogens is 306 g/mol. The molecule has 0 bridgehead atoms. The topological polar surface area (TPSA) is 84.4 Å². The van der Waals surface area contributed by atoms with E-state index in [9.17, 15) is 9.59 Å². The van der Waals surface area contributed by atoms with E-state index in [2.05, 4.69) is 21.9 Å². The number of Topliss-reactive ketones (excluding diaryl/α,β-unsaturated/α-hetero) is 2. The van der Waals surface area contributed by atoms with Crippen molar-refractivity contribution in [3.05, 3.63) is 53.6 Å². The van der Waals surface area contributed by atoms with Crippen LogP contribution in [0.1, 0.15) is 30.1 Å². The Balaban J connectivity index is 2.09. The summed E-state index contributed by atoms with van der Waals surface area (Å²) < 4.78 is 5.14. The zero-order valence-electron chi connectivity index (χ0n) is 13.7. The first kappa shape index (κ1) is 17.3. The Bertz CT molecular complexity index is 831. The second kappa shape index (κ2) is 8.01. The highest BCUT2D eigenvalue weighted by Crippen LogP contribution is 2.17. The average Bonchev–Trinajstić information content (AvgIpc) is 3.07. The summed E-state index contributed by atoms with van der Waals surface area (Å²) in [6, 6.07) is 5.27. The zero-order chi connectivity index (χ0) is 17.5. The van der Waals surface area contributed by atoms with Gasteiger partial charge in [-0.1, -0.05) is 6.08 Å². The molecule has 0 saturated carbocycles. The first-order chi connectivity index (χ1) is 11.6. The van der Waals surface area contributed by atoms with Crippen LogP contribution in [-0.4, -0.2) is 35.6 Å². The second-order valence-corrected chi connectivity index (χ2v) is 5.09. The fourth-order valence-corrected chi connectivity index (χ4v) is 2.30. The zero-order valence-corrected chi connectivity index (χ0v) is 13.7. The summed E-state index contributed by atoms with van der Waals surface area (Å²) >= 11 is 0. The van der Waals surface area contributed by atoms with Gasteiger partial charge in [-0.15, -0.1) is 0 Å². The molecule has 1 N–H and O–H groups in total. The third-order valence-electron chi connectivity index (χ3n) is 3.53. The number of allylic oxidation sites excluding steroid dienone is 3. The van der Waals surface area contributed by atoms with Crippen molar-refractivity contribution < 1.29 is 14.3 Å². The second-order valence-electron chi connectivity index (χ2n) is 5.09. The Morgan fingerprint density at radius 3 is 2.83 bits per heavy atom. The van der Waals surface area contributed by atoms with Crippen molar-refractivity contribution in [1.82, 2.24) is 10.2 Å². The number of hydrogen-bond donors (Lipinski definition) is 1. The van der Waals surface area contributed by atoms with E-state index in [1.165, 1.54) is 7.11 Å². The minimum atomic E-state index is -0.280. The van der Waals surface area contributed by atoms with E-state index in [1.54, 1.807) is 43.5 Å².